The van der Waals surface area contributed by atoms with Crippen LogP contribution in [0.15, 0.2) is 47.4 Å². The van der Waals surface area contributed by atoms with E-state index < -0.39 is 5.60 Å². The second kappa shape index (κ2) is 9.81. The lowest BCUT2D eigenvalue weighted by Crippen LogP contribution is -2.42. The molecule has 0 unspecified atom stereocenters. The van der Waals surface area contributed by atoms with Gasteiger partial charge in [-0.1, -0.05) is 12.1 Å². The maximum atomic E-state index is 13.0. The average molecular weight is 481 g/mol. The first-order chi connectivity index (χ1) is 16.7. The van der Waals surface area contributed by atoms with E-state index in [0.717, 1.165) is 0 Å². The summed E-state index contributed by atoms with van der Waals surface area (Å²) in [4.78, 5) is 44.4. The van der Waals surface area contributed by atoms with E-state index in [9.17, 15) is 14.4 Å². The van der Waals surface area contributed by atoms with Gasteiger partial charge in [0.25, 0.3) is 11.5 Å². The molecular weight excluding hydrogens is 448 g/mol. The molecule has 10 nitrogen and oxygen atoms in total. The van der Waals surface area contributed by atoms with Gasteiger partial charge >= 0.3 is 6.09 Å². The molecule has 10 heteroatoms. The van der Waals surface area contributed by atoms with Gasteiger partial charge < -0.3 is 14.2 Å². The zero-order chi connectivity index (χ0) is 25.2. The number of piperidine rings is 1. The second-order valence-corrected chi connectivity index (χ2v) is 9.58. The molecule has 0 spiro atoms. The Labute approximate surface area is 203 Å². The van der Waals surface area contributed by atoms with Gasteiger partial charge in [-0.3, -0.25) is 25.0 Å². The Hall–Kier alpha value is -3.82. The van der Waals surface area contributed by atoms with Crippen LogP contribution >= 0.6 is 0 Å². The minimum Gasteiger partial charge on any atom is -0.444 e. The molecule has 2 amide bonds. The summed E-state index contributed by atoms with van der Waals surface area (Å²) in [6, 6.07) is 10.8. The summed E-state index contributed by atoms with van der Waals surface area (Å²) in [6.45, 7) is 8.92. The number of likely N-dealkylation sites (tertiary alicyclic amines) is 1. The van der Waals surface area contributed by atoms with Gasteiger partial charge in [-0.15, -0.1) is 0 Å². The Morgan fingerprint density at radius 1 is 1.11 bits per heavy atom. The van der Waals surface area contributed by atoms with Gasteiger partial charge in [-0.25, -0.2) is 9.78 Å². The standard InChI is InChI=1S/C25H32N6O4/c1-5-30-22(33)18-9-6-7-10-19(18)26-23(30)28-27-21(32)20-11-8-14-31(20)17-12-15-29(16-13-17)24(34)35-25(2,3)4/h6-11,14,17H,5,12-13,15-16H2,1-4H3,(H,26,28)(H,27,32). The number of carbonyl (C=O) groups excluding carboxylic acids is 2. The number of rotatable bonds is 5. The number of hydrogen-bond acceptors (Lipinski definition) is 6. The van der Waals surface area contributed by atoms with Crippen molar-refractivity contribution >= 4 is 28.9 Å². The number of aromatic nitrogens is 3. The molecule has 0 atom stereocenters. The third kappa shape index (κ3) is 5.31. The van der Waals surface area contributed by atoms with Gasteiger partial charge in [0.05, 0.1) is 10.9 Å². The van der Waals surface area contributed by atoms with Crippen LogP contribution < -0.4 is 16.4 Å². The molecule has 0 saturated carbocycles. The molecule has 1 aliphatic rings. The minimum absolute atomic E-state index is 0.0806. The summed E-state index contributed by atoms with van der Waals surface area (Å²) in [5.41, 5.74) is 5.85. The van der Waals surface area contributed by atoms with Crippen molar-refractivity contribution in [2.75, 3.05) is 18.5 Å². The zero-order valence-corrected chi connectivity index (χ0v) is 20.6. The quantitative estimate of drug-likeness (QED) is 0.541. The fourth-order valence-corrected chi connectivity index (χ4v) is 4.29. The number of hydrazine groups is 1. The molecule has 2 aromatic heterocycles. The van der Waals surface area contributed by atoms with Gasteiger partial charge in [-0.2, -0.15) is 0 Å². The highest BCUT2D eigenvalue weighted by atomic mass is 16.6. The van der Waals surface area contributed by atoms with E-state index in [2.05, 4.69) is 15.8 Å². The van der Waals surface area contributed by atoms with Crippen molar-refractivity contribution in [3.05, 3.63) is 58.6 Å². The van der Waals surface area contributed by atoms with Crippen LogP contribution in [0.25, 0.3) is 10.9 Å². The maximum Gasteiger partial charge on any atom is 0.410 e. The van der Waals surface area contributed by atoms with E-state index in [-0.39, 0.29) is 29.5 Å². The Kier molecular flexibility index (Phi) is 6.81. The summed E-state index contributed by atoms with van der Waals surface area (Å²) >= 11 is 0. The molecule has 1 fully saturated rings. The van der Waals surface area contributed by atoms with Crippen LogP contribution in [-0.4, -0.2) is 49.7 Å². The monoisotopic (exact) mass is 480 g/mol. The van der Waals surface area contributed by atoms with Crippen LogP contribution in [0.4, 0.5) is 10.7 Å². The van der Waals surface area contributed by atoms with Crippen molar-refractivity contribution in [3.63, 3.8) is 0 Å². The molecule has 0 radical (unpaired) electrons. The second-order valence-electron chi connectivity index (χ2n) is 9.58. The topological polar surface area (TPSA) is 110 Å². The lowest BCUT2D eigenvalue weighted by molar-refractivity contribution is 0.0187. The molecule has 1 saturated heterocycles. The van der Waals surface area contributed by atoms with Gasteiger partial charge in [0.15, 0.2) is 0 Å². The van der Waals surface area contributed by atoms with Crippen molar-refractivity contribution in [1.29, 1.82) is 0 Å². The average Bonchev–Trinajstić information content (AvgIpc) is 3.32. The number of hydrogen-bond donors (Lipinski definition) is 2. The predicted octanol–water partition coefficient (Wildman–Crippen LogP) is 3.55. The number of ether oxygens (including phenoxy) is 1. The summed E-state index contributed by atoms with van der Waals surface area (Å²) in [7, 11) is 0. The molecule has 2 N–H and O–H groups in total. The lowest BCUT2D eigenvalue weighted by atomic mass is 10.0. The number of anilines is 1. The fraction of sp³-hybridized carbons (Fsp3) is 0.440. The molecule has 1 aromatic carbocycles. The van der Waals surface area contributed by atoms with E-state index in [1.165, 1.54) is 4.57 Å². The van der Waals surface area contributed by atoms with Gasteiger partial charge in [-0.05, 0) is 64.8 Å². The minimum atomic E-state index is -0.532. The predicted molar refractivity (Wildman–Crippen MR) is 133 cm³/mol. The molecule has 1 aliphatic heterocycles. The number of nitrogens with one attached hydrogen (secondary N) is 2. The lowest BCUT2D eigenvalue weighted by Gasteiger charge is -2.34. The fourth-order valence-electron chi connectivity index (χ4n) is 4.29. The van der Waals surface area contributed by atoms with Gasteiger partial charge in [0.2, 0.25) is 5.95 Å². The number of benzene rings is 1. The summed E-state index contributed by atoms with van der Waals surface area (Å²) in [5.74, 6) is -0.0667. The number of nitrogens with zero attached hydrogens (tertiary/aromatic N) is 4. The Bertz CT molecular complexity index is 1280. The smallest absolute Gasteiger partial charge is 0.410 e. The van der Waals surface area contributed by atoms with Crippen LogP contribution in [0, 0.1) is 0 Å². The normalized spacial score (nSPS) is 14.7. The van der Waals surface area contributed by atoms with Crippen molar-refractivity contribution in [2.24, 2.45) is 0 Å². The first-order valence-electron chi connectivity index (χ1n) is 11.9. The summed E-state index contributed by atoms with van der Waals surface area (Å²) < 4.78 is 8.89. The van der Waals surface area contributed by atoms with Gasteiger partial charge in [0, 0.05) is 31.9 Å². The molecule has 4 rings (SSSR count). The van der Waals surface area contributed by atoms with Crippen molar-refractivity contribution in [2.45, 2.75) is 58.7 Å². The number of para-hydroxylation sites is 1. The van der Waals surface area contributed by atoms with Crippen LogP contribution in [0.2, 0.25) is 0 Å². The van der Waals surface area contributed by atoms with Crippen molar-refractivity contribution < 1.29 is 14.3 Å². The summed E-state index contributed by atoms with van der Waals surface area (Å²) in [6.07, 6.45) is 2.99. The number of carbonyl (C=O) groups is 2. The highest BCUT2D eigenvalue weighted by molar-refractivity contribution is 5.93. The zero-order valence-electron chi connectivity index (χ0n) is 20.6. The third-order valence-corrected chi connectivity index (χ3v) is 5.99. The van der Waals surface area contributed by atoms with Gasteiger partial charge in [0.1, 0.15) is 11.3 Å². The van der Waals surface area contributed by atoms with E-state index in [4.69, 9.17) is 4.74 Å². The van der Waals surface area contributed by atoms with Crippen molar-refractivity contribution in [3.8, 4) is 0 Å². The Morgan fingerprint density at radius 2 is 1.83 bits per heavy atom. The Morgan fingerprint density at radius 3 is 2.51 bits per heavy atom. The van der Waals surface area contributed by atoms with Crippen LogP contribution in [0.5, 0.6) is 0 Å². The molecule has 0 aliphatic carbocycles. The molecule has 186 valence electrons. The number of amides is 2. The highest BCUT2D eigenvalue weighted by Crippen LogP contribution is 2.26. The van der Waals surface area contributed by atoms with Crippen molar-refractivity contribution in [1.82, 2.24) is 24.4 Å². The maximum absolute atomic E-state index is 13.0. The highest BCUT2D eigenvalue weighted by Gasteiger charge is 2.28. The third-order valence-electron chi connectivity index (χ3n) is 5.99. The molecule has 0 bridgehead atoms. The molecular formula is C25H32N6O4. The van der Waals surface area contributed by atoms with Crippen LogP contribution in [0.3, 0.4) is 0 Å². The summed E-state index contributed by atoms with van der Waals surface area (Å²) in [5, 5.41) is 0.526. The molecule has 35 heavy (non-hydrogen) atoms. The van der Waals surface area contributed by atoms with E-state index in [0.29, 0.717) is 49.1 Å². The van der Waals surface area contributed by atoms with E-state index in [1.807, 2.05) is 50.6 Å². The van der Waals surface area contributed by atoms with E-state index in [1.54, 1.807) is 29.2 Å². The molecule has 3 heterocycles. The SMILES string of the molecule is CCn1c(NNC(=O)c2cccn2C2CCN(C(=O)OC(C)(C)C)CC2)nc2ccccc2c1=O. The van der Waals surface area contributed by atoms with Crippen LogP contribution in [-0.2, 0) is 11.3 Å². The van der Waals surface area contributed by atoms with E-state index >= 15 is 0 Å². The largest absolute Gasteiger partial charge is 0.444 e. The first-order valence-corrected chi connectivity index (χ1v) is 11.9. The Balaban J connectivity index is 1.43. The van der Waals surface area contributed by atoms with Crippen LogP contribution in [0.1, 0.15) is 57.1 Å². The first kappa shape index (κ1) is 24.3. The molecule has 3 aromatic rings. The number of fused-ring (bicyclic) bond motifs is 1.